The van der Waals surface area contributed by atoms with E-state index < -0.39 is 42.3 Å². The summed E-state index contributed by atoms with van der Waals surface area (Å²) in [6.07, 6.45) is 6.62. The molecule has 0 saturated carbocycles. The number of para-hydroxylation sites is 2. The van der Waals surface area contributed by atoms with E-state index in [4.69, 9.17) is 11.6 Å². The van der Waals surface area contributed by atoms with Crippen molar-refractivity contribution in [3.8, 4) is 0 Å². The molecule has 178 valence electrons. The quantitative estimate of drug-likeness (QED) is 0.184. The molecule has 8 N–H and O–H groups in total. The number of aliphatic hydroxyl groups is 8. The Bertz CT molecular complexity index is 1150. The van der Waals surface area contributed by atoms with Gasteiger partial charge in [0.1, 0.15) is 0 Å². The lowest BCUT2D eigenvalue weighted by molar-refractivity contribution is -0.328. The number of benzene rings is 1. The Morgan fingerprint density at radius 3 is 2.21 bits per heavy atom. The number of fused-ring (bicyclic) bond motifs is 1. The second-order valence-corrected chi connectivity index (χ2v) is 8.47. The van der Waals surface area contributed by atoms with Crippen LogP contribution in [0.25, 0.3) is 11.0 Å². The largest absolute Gasteiger partial charge is 0.360 e. The Morgan fingerprint density at radius 1 is 0.939 bits per heavy atom. The number of hydrogen-bond donors (Lipinski definition) is 8. The van der Waals surface area contributed by atoms with Crippen LogP contribution < -0.4 is 0 Å². The lowest BCUT2D eigenvalue weighted by Gasteiger charge is -2.34. The summed E-state index contributed by atoms with van der Waals surface area (Å²) in [5.41, 5.74) is 1.05. The van der Waals surface area contributed by atoms with E-state index in [0.717, 1.165) is 10.1 Å². The van der Waals surface area contributed by atoms with Crippen molar-refractivity contribution in [1.82, 2.24) is 14.5 Å². The van der Waals surface area contributed by atoms with E-state index in [1.54, 1.807) is 24.3 Å². The summed E-state index contributed by atoms with van der Waals surface area (Å²) < 4.78 is 0.767. The Kier molecular flexibility index (Phi) is 5.78. The number of aromatic nitrogens is 2. The predicted molar refractivity (Wildman–Crippen MR) is 115 cm³/mol. The SMILES string of the molecule is OC(O)(c1nc2ccccc2n1C(O)(O)C1=CC=C(CCl)CC=C1)N1CC(O)(O)C(O)(O)C1. The fourth-order valence-electron chi connectivity index (χ4n) is 3.89. The van der Waals surface area contributed by atoms with Crippen LogP contribution in [0, 0.1) is 0 Å². The number of alkyl halides is 1. The molecular weight excluding hydrogens is 458 g/mol. The second kappa shape index (κ2) is 7.96. The van der Waals surface area contributed by atoms with Gasteiger partial charge in [0.2, 0.25) is 11.6 Å². The molecule has 2 aromatic rings. The van der Waals surface area contributed by atoms with Gasteiger partial charge in [0, 0.05) is 11.5 Å². The van der Waals surface area contributed by atoms with E-state index in [1.165, 1.54) is 24.3 Å². The maximum absolute atomic E-state index is 11.2. The van der Waals surface area contributed by atoms with Crippen molar-refractivity contribution in [2.45, 2.75) is 29.8 Å². The van der Waals surface area contributed by atoms with Crippen LogP contribution in [-0.2, 0) is 11.8 Å². The van der Waals surface area contributed by atoms with Crippen LogP contribution in [0.3, 0.4) is 0 Å². The highest BCUT2D eigenvalue weighted by Crippen LogP contribution is 2.38. The zero-order chi connectivity index (χ0) is 24.2. The maximum Gasteiger partial charge on any atom is 0.288 e. The fraction of sp³-hybridized carbons (Fsp3) is 0.381. The first-order valence-electron chi connectivity index (χ1n) is 9.96. The Morgan fingerprint density at radius 2 is 1.58 bits per heavy atom. The van der Waals surface area contributed by atoms with Crippen LogP contribution in [0.2, 0.25) is 0 Å². The molecule has 1 fully saturated rings. The van der Waals surface area contributed by atoms with Crippen LogP contribution >= 0.6 is 11.6 Å². The van der Waals surface area contributed by atoms with Crippen LogP contribution in [0.1, 0.15) is 12.2 Å². The number of rotatable bonds is 5. The lowest BCUT2D eigenvalue weighted by atomic mass is 10.1. The Balaban J connectivity index is 1.88. The molecule has 1 aliphatic heterocycles. The molecule has 0 atom stereocenters. The minimum Gasteiger partial charge on any atom is -0.360 e. The number of hydrogen-bond acceptors (Lipinski definition) is 10. The first-order valence-corrected chi connectivity index (χ1v) is 10.5. The molecule has 11 nitrogen and oxygen atoms in total. The number of nitrogens with zero attached hydrogens (tertiary/aromatic N) is 3. The smallest absolute Gasteiger partial charge is 0.288 e. The van der Waals surface area contributed by atoms with Crippen molar-refractivity contribution in [2.75, 3.05) is 19.0 Å². The minimum atomic E-state index is -3.17. The second-order valence-electron chi connectivity index (χ2n) is 8.21. The average Bonchev–Trinajstić information content (AvgIpc) is 3.11. The summed E-state index contributed by atoms with van der Waals surface area (Å²) in [4.78, 5) is 4.66. The summed E-state index contributed by atoms with van der Waals surface area (Å²) in [7, 11) is 0. The highest BCUT2D eigenvalue weighted by atomic mass is 35.5. The topological polar surface area (TPSA) is 183 Å². The average molecular weight is 482 g/mol. The van der Waals surface area contributed by atoms with Gasteiger partial charge in [0.15, 0.2) is 5.82 Å². The molecule has 12 heteroatoms. The fourth-order valence-corrected chi connectivity index (χ4v) is 4.09. The number of likely N-dealkylation sites (tertiary alicyclic amines) is 1. The molecule has 1 aromatic carbocycles. The molecule has 33 heavy (non-hydrogen) atoms. The first kappa shape index (κ1) is 24.0. The molecule has 0 radical (unpaired) electrons. The van der Waals surface area contributed by atoms with Gasteiger partial charge in [-0.05, 0) is 18.6 Å². The maximum atomic E-state index is 11.2. The van der Waals surface area contributed by atoms with E-state index in [2.05, 4.69) is 4.98 Å². The van der Waals surface area contributed by atoms with Crippen molar-refractivity contribution in [2.24, 2.45) is 0 Å². The van der Waals surface area contributed by atoms with E-state index in [9.17, 15) is 40.9 Å². The third kappa shape index (κ3) is 3.92. The molecule has 1 saturated heterocycles. The van der Waals surface area contributed by atoms with Crippen molar-refractivity contribution < 1.29 is 40.9 Å². The number of allylic oxidation sites excluding steroid dienone is 4. The molecule has 4 rings (SSSR count). The van der Waals surface area contributed by atoms with Crippen molar-refractivity contribution in [3.05, 3.63) is 65.5 Å². The van der Waals surface area contributed by atoms with E-state index >= 15 is 0 Å². The molecule has 0 unspecified atom stereocenters. The number of β-amino-alcohol motifs (C(OH)–C–C–N with tert-alkyl or cyclic N) is 4. The summed E-state index contributed by atoms with van der Waals surface area (Å²) in [6.45, 7) is -1.99. The molecule has 2 heterocycles. The predicted octanol–water partition coefficient (Wildman–Crippen LogP) is -1.55. The molecule has 1 aliphatic carbocycles. The highest BCUT2D eigenvalue weighted by Gasteiger charge is 2.61. The summed E-state index contributed by atoms with van der Waals surface area (Å²) >= 11 is 5.87. The van der Waals surface area contributed by atoms with Gasteiger partial charge >= 0.3 is 0 Å². The number of imidazole rings is 1. The zero-order valence-electron chi connectivity index (χ0n) is 17.2. The van der Waals surface area contributed by atoms with Crippen LogP contribution in [0.15, 0.2) is 59.7 Å². The van der Waals surface area contributed by atoms with Gasteiger partial charge in [-0.15, -0.1) is 11.6 Å². The summed E-state index contributed by atoms with van der Waals surface area (Å²) in [5.74, 6) is -12.7. The monoisotopic (exact) mass is 481 g/mol. The molecule has 0 spiro atoms. The third-order valence-electron chi connectivity index (χ3n) is 5.81. The van der Waals surface area contributed by atoms with E-state index in [0.29, 0.717) is 11.3 Å². The van der Waals surface area contributed by atoms with Gasteiger partial charge in [0.05, 0.1) is 24.1 Å². The van der Waals surface area contributed by atoms with Crippen LogP contribution in [0.5, 0.6) is 0 Å². The van der Waals surface area contributed by atoms with Gasteiger partial charge in [-0.2, -0.15) is 0 Å². The molecular formula is C21H24ClN3O8. The van der Waals surface area contributed by atoms with E-state index in [-0.39, 0.29) is 22.5 Å². The highest BCUT2D eigenvalue weighted by molar-refractivity contribution is 6.19. The molecule has 2 aliphatic rings. The normalized spacial score (nSPS) is 21.2. The summed E-state index contributed by atoms with van der Waals surface area (Å²) in [5, 5.41) is 84.0. The Labute approximate surface area is 192 Å². The molecule has 0 bridgehead atoms. The minimum absolute atomic E-state index is 0.0402. The first-order chi connectivity index (χ1) is 15.3. The van der Waals surface area contributed by atoms with Crippen LogP contribution in [-0.4, -0.2) is 85.8 Å². The summed E-state index contributed by atoms with van der Waals surface area (Å²) in [6, 6.07) is 6.15. The van der Waals surface area contributed by atoms with Gasteiger partial charge in [-0.3, -0.25) is 4.57 Å². The molecule has 0 amide bonds. The molecule has 1 aromatic heterocycles. The standard InChI is InChI=1S/C21H24ClN3O8/c22-10-13-4-3-5-14(9-8-13)20(30,31)25-16-7-2-1-6-15(16)23-17(25)21(32,33)24-11-18(26,27)19(28,29)12-24/h1-3,5-9,26-33H,4,10-12H2. The van der Waals surface area contributed by atoms with Crippen molar-refractivity contribution >= 4 is 22.6 Å². The Hall–Kier alpha value is -2.16. The third-order valence-corrected chi connectivity index (χ3v) is 6.16. The van der Waals surface area contributed by atoms with Gasteiger partial charge in [-0.25, -0.2) is 9.88 Å². The van der Waals surface area contributed by atoms with Gasteiger partial charge in [-0.1, -0.05) is 42.0 Å². The number of halogens is 1. The van der Waals surface area contributed by atoms with Crippen molar-refractivity contribution in [3.63, 3.8) is 0 Å². The zero-order valence-corrected chi connectivity index (χ0v) is 18.0. The van der Waals surface area contributed by atoms with Gasteiger partial charge in [0.25, 0.3) is 11.8 Å². The van der Waals surface area contributed by atoms with Gasteiger partial charge < -0.3 is 40.9 Å². The van der Waals surface area contributed by atoms with Crippen molar-refractivity contribution in [1.29, 1.82) is 0 Å². The lowest BCUT2D eigenvalue weighted by Crippen LogP contribution is -2.53. The van der Waals surface area contributed by atoms with E-state index in [1.807, 2.05) is 0 Å². The van der Waals surface area contributed by atoms with Crippen LogP contribution in [0.4, 0.5) is 0 Å².